The van der Waals surface area contributed by atoms with Gasteiger partial charge in [-0.15, -0.1) is 0 Å². The second-order valence-corrected chi connectivity index (χ2v) is 5.89. The van der Waals surface area contributed by atoms with Gasteiger partial charge in [0.15, 0.2) is 0 Å². The molecule has 0 amide bonds. The lowest BCUT2D eigenvalue weighted by atomic mass is 10.2. The van der Waals surface area contributed by atoms with Gasteiger partial charge in [0.25, 0.3) is 0 Å². The summed E-state index contributed by atoms with van der Waals surface area (Å²) in [4.78, 5) is 0. The molecule has 0 aliphatic heterocycles. The average molecular weight is 409 g/mol. The van der Waals surface area contributed by atoms with Crippen LogP contribution in [0.4, 0.5) is 18.9 Å². The molecule has 0 bridgehead atoms. The fourth-order valence-electron chi connectivity index (χ4n) is 1.66. The van der Waals surface area contributed by atoms with Gasteiger partial charge >= 0.3 is 6.18 Å². The third-order valence-electron chi connectivity index (χ3n) is 2.67. The van der Waals surface area contributed by atoms with Crippen LogP contribution in [0.2, 0.25) is 0 Å². The van der Waals surface area contributed by atoms with Crippen molar-refractivity contribution in [1.29, 1.82) is 0 Å². The molecule has 20 heavy (non-hydrogen) atoms. The maximum atomic E-state index is 12.6. The number of hydrogen-bond acceptors (Lipinski definition) is 1. The Hall–Kier alpha value is -1.01. The van der Waals surface area contributed by atoms with Gasteiger partial charge in [0.05, 0.1) is 5.56 Å². The van der Waals surface area contributed by atoms with Crippen LogP contribution in [0.25, 0.3) is 0 Å². The van der Waals surface area contributed by atoms with Crippen molar-refractivity contribution in [3.05, 3.63) is 62.5 Å². The van der Waals surface area contributed by atoms with E-state index in [1.54, 1.807) is 6.07 Å². The number of halogens is 5. The first-order valence-electron chi connectivity index (χ1n) is 5.71. The third kappa shape index (κ3) is 3.99. The second kappa shape index (κ2) is 6.18. The SMILES string of the molecule is FC(F)(F)c1cccc(NCc2ccc(Br)c(Br)c2)c1. The highest BCUT2D eigenvalue weighted by molar-refractivity contribution is 9.13. The molecule has 2 aromatic rings. The molecule has 0 radical (unpaired) electrons. The van der Waals surface area contributed by atoms with E-state index in [0.717, 1.165) is 26.6 Å². The number of hydrogen-bond donors (Lipinski definition) is 1. The van der Waals surface area contributed by atoms with E-state index in [9.17, 15) is 13.2 Å². The number of rotatable bonds is 3. The lowest BCUT2D eigenvalue weighted by Crippen LogP contribution is -2.06. The van der Waals surface area contributed by atoms with E-state index in [2.05, 4.69) is 37.2 Å². The van der Waals surface area contributed by atoms with Gasteiger partial charge in [0.1, 0.15) is 0 Å². The zero-order valence-corrected chi connectivity index (χ0v) is 13.3. The first-order chi connectivity index (χ1) is 9.36. The Balaban J connectivity index is 2.09. The molecule has 2 aromatic carbocycles. The van der Waals surface area contributed by atoms with Gasteiger partial charge < -0.3 is 5.32 Å². The Bertz CT molecular complexity index is 612. The molecule has 0 aliphatic rings. The molecular formula is C14H10Br2F3N. The predicted octanol–water partition coefficient (Wildman–Crippen LogP) is 5.84. The van der Waals surface area contributed by atoms with Crippen LogP contribution in [0, 0.1) is 0 Å². The Morgan fingerprint density at radius 3 is 2.35 bits per heavy atom. The third-order valence-corrected chi connectivity index (χ3v) is 4.55. The first kappa shape index (κ1) is 15.4. The second-order valence-electron chi connectivity index (χ2n) is 4.18. The maximum absolute atomic E-state index is 12.6. The molecule has 2 rings (SSSR count). The van der Waals surface area contributed by atoms with Gasteiger partial charge in [-0.1, -0.05) is 12.1 Å². The van der Waals surface area contributed by atoms with Crippen LogP contribution in [0.3, 0.4) is 0 Å². The Morgan fingerprint density at radius 2 is 1.70 bits per heavy atom. The van der Waals surface area contributed by atoms with E-state index in [1.165, 1.54) is 6.07 Å². The van der Waals surface area contributed by atoms with Crippen LogP contribution in [0.15, 0.2) is 51.4 Å². The highest BCUT2D eigenvalue weighted by atomic mass is 79.9. The van der Waals surface area contributed by atoms with Gasteiger partial charge in [-0.3, -0.25) is 0 Å². The lowest BCUT2D eigenvalue weighted by Gasteiger charge is -2.11. The van der Waals surface area contributed by atoms with Crippen molar-refractivity contribution in [3.8, 4) is 0 Å². The highest BCUT2D eigenvalue weighted by Crippen LogP contribution is 2.31. The minimum absolute atomic E-state index is 0.443. The molecule has 106 valence electrons. The van der Waals surface area contributed by atoms with Gasteiger partial charge in [-0.25, -0.2) is 0 Å². The van der Waals surface area contributed by atoms with Gasteiger partial charge in [-0.2, -0.15) is 13.2 Å². The Morgan fingerprint density at radius 1 is 0.950 bits per heavy atom. The first-order valence-corrected chi connectivity index (χ1v) is 7.30. The molecule has 0 heterocycles. The predicted molar refractivity (Wildman–Crippen MR) is 80.6 cm³/mol. The summed E-state index contributed by atoms with van der Waals surface area (Å²) in [6.07, 6.45) is -4.32. The summed E-state index contributed by atoms with van der Waals surface area (Å²) in [6.45, 7) is 0.452. The van der Waals surface area contributed by atoms with Gasteiger partial charge in [-0.05, 0) is 67.8 Å². The normalized spacial score (nSPS) is 11.4. The summed E-state index contributed by atoms with van der Waals surface area (Å²) >= 11 is 6.75. The molecule has 0 aliphatic carbocycles. The zero-order chi connectivity index (χ0) is 14.8. The quantitative estimate of drug-likeness (QED) is 0.672. The fraction of sp³-hybridized carbons (Fsp3) is 0.143. The maximum Gasteiger partial charge on any atom is 0.416 e. The van der Waals surface area contributed by atoms with Crippen LogP contribution in [0.1, 0.15) is 11.1 Å². The van der Waals surface area contributed by atoms with Crippen molar-refractivity contribution < 1.29 is 13.2 Å². The zero-order valence-electron chi connectivity index (χ0n) is 10.1. The highest BCUT2D eigenvalue weighted by Gasteiger charge is 2.30. The Labute approximate surface area is 131 Å². The van der Waals surface area contributed by atoms with Crippen molar-refractivity contribution in [2.75, 3.05) is 5.32 Å². The molecule has 1 nitrogen and oxygen atoms in total. The summed E-state index contributed by atoms with van der Waals surface area (Å²) < 4.78 is 39.6. The molecule has 6 heteroatoms. The van der Waals surface area contributed by atoms with E-state index >= 15 is 0 Å². The van der Waals surface area contributed by atoms with Crippen LogP contribution < -0.4 is 5.32 Å². The van der Waals surface area contributed by atoms with E-state index in [1.807, 2.05) is 18.2 Å². The molecule has 0 unspecified atom stereocenters. The van der Waals surface area contributed by atoms with E-state index < -0.39 is 11.7 Å². The van der Waals surface area contributed by atoms with Crippen LogP contribution in [0.5, 0.6) is 0 Å². The summed E-state index contributed by atoms with van der Waals surface area (Å²) in [5.74, 6) is 0. The minimum atomic E-state index is -4.32. The van der Waals surface area contributed by atoms with Crippen molar-refractivity contribution in [2.45, 2.75) is 12.7 Å². The number of benzene rings is 2. The van der Waals surface area contributed by atoms with Crippen molar-refractivity contribution >= 4 is 37.5 Å². The molecule has 0 fully saturated rings. The summed E-state index contributed by atoms with van der Waals surface area (Å²) in [6, 6.07) is 10.9. The van der Waals surface area contributed by atoms with Crippen molar-refractivity contribution in [1.82, 2.24) is 0 Å². The smallest absolute Gasteiger partial charge is 0.381 e. The Kier molecular flexibility index (Phi) is 4.75. The number of anilines is 1. The van der Waals surface area contributed by atoms with E-state index in [-0.39, 0.29) is 0 Å². The molecule has 1 N–H and O–H groups in total. The van der Waals surface area contributed by atoms with Crippen LogP contribution >= 0.6 is 31.9 Å². The molecule has 0 saturated carbocycles. The summed E-state index contributed by atoms with van der Waals surface area (Å²) in [5, 5.41) is 2.98. The minimum Gasteiger partial charge on any atom is -0.381 e. The van der Waals surface area contributed by atoms with Gasteiger partial charge in [0, 0.05) is 21.2 Å². The summed E-state index contributed by atoms with van der Waals surface area (Å²) in [5.41, 5.74) is 0.760. The number of nitrogens with one attached hydrogen (secondary N) is 1. The van der Waals surface area contributed by atoms with Crippen LogP contribution in [-0.2, 0) is 12.7 Å². The fourth-order valence-corrected chi connectivity index (χ4v) is 2.33. The number of alkyl halides is 3. The van der Waals surface area contributed by atoms with Crippen molar-refractivity contribution in [3.63, 3.8) is 0 Å². The molecular weight excluding hydrogens is 399 g/mol. The van der Waals surface area contributed by atoms with Crippen molar-refractivity contribution in [2.24, 2.45) is 0 Å². The summed E-state index contributed by atoms with van der Waals surface area (Å²) in [7, 11) is 0. The monoisotopic (exact) mass is 407 g/mol. The average Bonchev–Trinajstić information content (AvgIpc) is 2.39. The topological polar surface area (TPSA) is 12.0 Å². The van der Waals surface area contributed by atoms with Gasteiger partial charge in [0.2, 0.25) is 0 Å². The largest absolute Gasteiger partial charge is 0.416 e. The van der Waals surface area contributed by atoms with Crippen LogP contribution in [-0.4, -0.2) is 0 Å². The van der Waals surface area contributed by atoms with E-state index in [4.69, 9.17) is 0 Å². The molecule has 0 saturated heterocycles. The molecule has 0 spiro atoms. The molecule has 0 atom stereocenters. The molecule has 0 aromatic heterocycles. The standard InChI is InChI=1S/C14H10Br2F3N/c15-12-5-4-9(6-13(12)16)8-20-11-3-1-2-10(7-11)14(17,18)19/h1-7,20H,8H2. The lowest BCUT2D eigenvalue weighted by molar-refractivity contribution is -0.137. The van der Waals surface area contributed by atoms with E-state index in [0.29, 0.717) is 12.2 Å².